The number of carbonyl (C=O) groups excluding carboxylic acids is 3. The third kappa shape index (κ3) is 4.11. The van der Waals surface area contributed by atoms with Gasteiger partial charge < -0.3 is 9.15 Å². The van der Waals surface area contributed by atoms with Crippen molar-refractivity contribution in [1.82, 2.24) is 4.90 Å². The molecule has 0 saturated carbocycles. The van der Waals surface area contributed by atoms with Gasteiger partial charge in [0.25, 0.3) is 11.1 Å². The fraction of sp³-hybridized carbons (Fsp3) is 0.167. The molecule has 0 spiro atoms. The van der Waals surface area contributed by atoms with Crippen LogP contribution in [-0.4, -0.2) is 29.1 Å². The van der Waals surface area contributed by atoms with Gasteiger partial charge >= 0.3 is 12.1 Å². The van der Waals surface area contributed by atoms with E-state index in [1.54, 1.807) is 0 Å². The van der Waals surface area contributed by atoms with Crippen LogP contribution in [0.1, 0.15) is 27.4 Å². The normalized spacial score (nSPS) is 16.1. The number of alkyl halides is 3. The van der Waals surface area contributed by atoms with Gasteiger partial charge in [-0.3, -0.25) is 14.5 Å². The second-order valence-corrected chi connectivity index (χ2v) is 6.64. The summed E-state index contributed by atoms with van der Waals surface area (Å²) in [5.74, 6) is -1.16. The summed E-state index contributed by atoms with van der Waals surface area (Å²) in [7, 11) is 1.19. The Morgan fingerprint density at radius 3 is 2.46 bits per heavy atom. The van der Waals surface area contributed by atoms with Crippen molar-refractivity contribution < 1.29 is 36.7 Å². The summed E-state index contributed by atoms with van der Waals surface area (Å²) < 4.78 is 47.6. The van der Waals surface area contributed by atoms with Crippen LogP contribution >= 0.6 is 11.8 Å². The van der Waals surface area contributed by atoms with E-state index in [9.17, 15) is 27.6 Å². The minimum atomic E-state index is -4.46. The molecule has 2 heterocycles. The molecule has 10 heteroatoms. The van der Waals surface area contributed by atoms with Crippen LogP contribution in [0.25, 0.3) is 6.08 Å². The van der Waals surface area contributed by atoms with Gasteiger partial charge in [-0.05, 0) is 47.7 Å². The lowest BCUT2D eigenvalue weighted by Crippen LogP contribution is -2.27. The maximum atomic E-state index is 12.6. The fourth-order valence-corrected chi connectivity index (χ4v) is 3.22. The first-order chi connectivity index (χ1) is 13.2. The number of esters is 1. The zero-order valence-electron chi connectivity index (χ0n) is 14.3. The summed E-state index contributed by atoms with van der Waals surface area (Å²) in [4.78, 5) is 36.9. The number of methoxy groups -OCH3 is 1. The minimum Gasteiger partial charge on any atom is -0.463 e. The summed E-state index contributed by atoms with van der Waals surface area (Å²) >= 11 is 0.666. The molecule has 0 N–H and O–H groups in total. The molecule has 1 saturated heterocycles. The number of benzene rings is 1. The zero-order valence-corrected chi connectivity index (χ0v) is 15.1. The summed E-state index contributed by atoms with van der Waals surface area (Å²) in [5, 5.41) is -0.556. The maximum absolute atomic E-state index is 12.6. The Hall–Kier alpha value is -3.01. The number of amides is 2. The Morgan fingerprint density at radius 2 is 1.86 bits per heavy atom. The van der Waals surface area contributed by atoms with Gasteiger partial charge in [0.15, 0.2) is 0 Å². The Kier molecular flexibility index (Phi) is 5.32. The molecule has 146 valence electrons. The van der Waals surface area contributed by atoms with E-state index in [1.807, 2.05) is 0 Å². The second-order valence-electron chi connectivity index (χ2n) is 5.65. The van der Waals surface area contributed by atoms with Crippen LogP contribution in [0, 0.1) is 0 Å². The van der Waals surface area contributed by atoms with Crippen LogP contribution in [0.5, 0.6) is 0 Å². The quantitative estimate of drug-likeness (QED) is 0.551. The summed E-state index contributed by atoms with van der Waals surface area (Å²) in [6.07, 6.45) is -3.12. The predicted octanol–water partition coefficient (Wildman–Crippen LogP) is 4.32. The number of ether oxygens (including phenoxy) is 1. The highest BCUT2D eigenvalue weighted by Crippen LogP contribution is 2.34. The Morgan fingerprint density at radius 1 is 1.18 bits per heavy atom. The van der Waals surface area contributed by atoms with Crippen LogP contribution in [0.2, 0.25) is 0 Å². The van der Waals surface area contributed by atoms with Gasteiger partial charge in [0, 0.05) is 0 Å². The van der Waals surface area contributed by atoms with Crippen molar-refractivity contribution in [2.24, 2.45) is 0 Å². The van der Waals surface area contributed by atoms with E-state index in [0.29, 0.717) is 17.3 Å². The predicted molar refractivity (Wildman–Crippen MR) is 93.0 cm³/mol. The first kappa shape index (κ1) is 19.7. The highest BCUT2D eigenvalue weighted by molar-refractivity contribution is 8.18. The molecule has 3 rings (SSSR count). The van der Waals surface area contributed by atoms with Gasteiger partial charge in [0.1, 0.15) is 5.76 Å². The molecule has 0 radical (unpaired) electrons. The van der Waals surface area contributed by atoms with E-state index in [2.05, 4.69) is 4.74 Å². The lowest BCUT2D eigenvalue weighted by atomic mass is 10.1. The maximum Gasteiger partial charge on any atom is 0.416 e. The minimum absolute atomic E-state index is 0.0650. The average molecular weight is 411 g/mol. The van der Waals surface area contributed by atoms with Crippen molar-refractivity contribution in [1.29, 1.82) is 0 Å². The van der Waals surface area contributed by atoms with Gasteiger partial charge in [-0.25, -0.2) is 4.79 Å². The smallest absolute Gasteiger partial charge is 0.416 e. The number of nitrogens with zero attached hydrogens (tertiary/aromatic N) is 1. The number of furan rings is 1. The lowest BCUT2D eigenvalue weighted by Gasteiger charge is -2.10. The number of carbonyl (C=O) groups is 3. The molecule has 0 atom stereocenters. The molecule has 0 bridgehead atoms. The molecule has 1 aromatic heterocycles. The van der Waals surface area contributed by atoms with Crippen molar-refractivity contribution >= 4 is 35.0 Å². The summed E-state index contributed by atoms with van der Waals surface area (Å²) in [6.45, 7) is -0.188. The van der Waals surface area contributed by atoms with Crippen molar-refractivity contribution in [2.75, 3.05) is 7.11 Å². The number of halogens is 3. The van der Waals surface area contributed by atoms with E-state index < -0.39 is 28.9 Å². The standard InChI is InChI=1S/C18H12F3NO5S/c1-26-16(24)13-7-6-12(27-13)9-22-15(23)14(28-17(22)25)8-10-2-4-11(5-3-10)18(19,20)21/h2-8H,9H2,1H3/b14-8+. The molecule has 6 nitrogen and oxygen atoms in total. The number of thioether (sulfide) groups is 1. The van der Waals surface area contributed by atoms with Crippen LogP contribution in [-0.2, 0) is 22.3 Å². The highest BCUT2D eigenvalue weighted by atomic mass is 32.2. The van der Waals surface area contributed by atoms with Gasteiger partial charge in [-0.1, -0.05) is 12.1 Å². The van der Waals surface area contributed by atoms with Crippen LogP contribution in [0.3, 0.4) is 0 Å². The molecular formula is C18H12F3NO5S. The molecule has 2 aromatic rings. The number of rotatable bonds is 4. The third-order valence-corrected chi connectivity index (χ3v) is 4.68. The van der Waals surface area contributed by atoms with Crippen molar-refractivity contribution in [3.63, 3.8) is 0 Å². The molecule has 1 aliphatic heterocycles. The fourth-order valence-electron chi connectivity index (χ4n) is 2.39. The molecule has 0 unspecified atom stereocenters. The first-order valence-corrected chi connectivity index (χ1v) is 8.60. The Labute approximate surface area is 160 Å². The van der Waals surface area contributed by atoms with E-state index in [0.717, 1.165) is 17.0 Å². The van der Waals surface area contributed by atoms with E-state index in [1.165, 1.54) is 37.5 Å². The third-order valence-electron chi connectivity index (χ3n) is 3.77. The van der Waals surface area contributed by atoms with Gasteiger partial charge in [-0.2, -0.15) is 13.2 Å². The molecule has 1 fully saturated rings. The number of hydrogen-bond donors (Lipinski definition) is 0. The molecular weight excluding hydrogens is 399 g/mol. The lowest BCUT2D eigenvalue weighted by molar-refractivity contribution is -0.137. The van der Waals surface area contributed by atoms with Gasteiger partial charge in [-0.15, -0.1) is 0 Å². The molecule has 2 amide bonds. The van der Waals surface area contributed by atoms with Crippen molar-refractivity contribution in [2.45, 2.75) is 12.7 Å². The Bertz CT molecular complexity index is 962. The molecule has 1 aromatic carbocycles. The number of hydrogen-bond acceptors (Lipinski definition) is 6. The van der Waals surface area contributed by atoms with Crippen LogP contribution < -0.4 is 0 Å². The first-order valence-electron chi connectivity index (χ1n) is 7.78. The monoisotopic (exact) mass is 411 g/mol. The topological polar surface area (TPSA) is 76.8 Å². The van der Waals surface area contributed by atoms with Crippen molar-refractivity contribution in [3.8, 4) is 0 Å². The van der Waals surface area contributed by atoms with Gasteiger partial charge in [0.2, 0.25) is 5.76 Å². The number of imide groups is 1. The van der Waals surface area contributed by atoms with Crippen molar-refractivity contribution in [3.05, 3.63) is 64.0 Å². The Balaban J connectivity index is 1.75. The van der Waals surface area contributed by atoms with E-state index >= 15 is 0 Å². The molecule has 1 aliphatic rings. The summed E-state index contributed by atoms with van der Waals surface area (Å²) in [5.41, 5.74) is -0.457. The average Bonchev–Trinajstić information content (AvgIpc) is 3.21. The van der Waals surface area contributed by atoms with Crippen LogP contribution in [0.15, 0.2) is 45.7 Å². The van der Waals surface area contributed by atoms with Crippen LogP contribution in [0.4, 0.5) is 18.0 Å². The second kappa shape index (κ2) is 7.55. The molecule has 28 heavy (non-hydrogen) atoms. The highest BCUT2D eigenvalue weighted by Gasteiger charge is 2.36. The van der Waals surface area contributed by atoms with Gasteiger partial charge in [0.05, 0.1) is 24.1 Å². The van der Waals surface area contributed by atoms with E-state index in [4.69, 9.17) is 4.42 Å². The zero-order chi connectivity index (χ0) is 20.5. The SMILES string of the molecule is COC(=O)c1ccc(CN2C(=O)S/C(=C/c3ccc(C(F)(F)F)cc3)C2=O)o1. The summed E-state index contributed by atoms with van der Waals surface area (Å²) in [6, 6.07) is 7.02. The molecule has 0 aliphatic carbocycles. The van der Waals surface area contributed by atoms with E-state index in [-0.39, 0.29) is 23.0 Å². The largest absolute Gasteiger partial charge is 0.463 e.